The molecule has 2 nitrogen and oxygen atoms in total. The molecule has 0 amide bonds. The Morgan fingerprint density at radius 2 is 2.06 bits per heavy atom. The standard InChI is InChI=1S/C12H7Br2FO2S/c1-17-9-5-8(15)7(13)4-6(9)12(16)10-2-3-11(14)18-10/h2-5H,1H3. The van der Waals surface area contributed by atoms with Crippen LogP contribution in [0.4, 0.5) is 4.39 Å². The van der Waals surface area contributed by atoms with Crippen molar-refractivity contribution >= 4 is 49.0 Å². The van der Waals surface area contributed by atoms with E-state index in [1.807, 2.05) is 0 Å². The van der Waals surface area contributed by atoms with Gasteiger partial charge in [0.15, 0.2) is 0 Å². The van der Waals surface area contributed by atoms with E-state index in [9.17, 15) is 9.18 Å². The minimum absolute atomic E-state index is 0.191. The first-order chi connectivity index (χ1) is 8.52. The highest BCUT2D eigenvalue weighted by atomic mass is 79.9. The molecular formula is C12H7Br2FO2S. The first kappa shape index (κ1) is 13.7. The van der Waals surface area contributed by atoms with Crippen molar-refractivity contribution in [2.45, 2.75) is 0 Å². The van der Waals surface area contributed by atoms with Gasteiger partial charge < -0.3 is 4.74 Å². The second kappa shape index (κ2) is 5.50. The average Bonchev–Trinajstić information content (AvgIpc) is 2.78. The number of ketones is 1. The van der Waals surface area contributed by atoms with E-state index < -0.39 is 5.82 Å². The van der Waals surface area contributed by atoms with Crippen molar-refractivity contribution in [3.63, 3.8) is 0 Å². The molecule has 0 aliphatic rings. The van der Waals surface area contributed by atoms with Gasteiger partial charge in [0.05, 0.1) is 25.8 Å². The van der Waals surface area contributed by atoms with Crippen LogP contribution < -0.4 is 4.74 Å². The monoisotopic (exact) mass is 392 g/mol. The summed E-state index contributed by atoms with van der Waals surface area (Å²) in [5, 5.41) is 0. The quantitative estimate of drug-likeness (QED) is 0.709. The normalized spacial score (nSPS) is 10.4. The largest absolute Gasteiger partial charge is 0.496 e. The third-order valence-corrected chi connectivity index (χ3v) is 4.51. The van der Waals surface area contributed by atoms with Crippen LogP contribution in [0.15, 0.2) is 32.5 Å². The van der Waals surface area contributed by atoms with E-state index in [4.69, 9.17) is 4.74 Å². The van der Waals surface area contributed by atoms with Crippen molar-refractivity contribution in [1.29, 1.82) is 0 Å². The highest BCUT2D eigenvalue weighted by Gasteiger charge is 2.18. The number of hydrogen-bond donors (Lipinski definition) is 0. The van der Waals surface area contributed by atoms with E-state index in [2.05, 4.69) is 31.9 Å². The third-order valence-electron chi connectivity index (χ3n) is 2.28. The summed E-state index contributed by atoms with van der Waals surface area (Å²) in [6, 6.07) is 6.14. The van der Waals surface area contributed by atoms with Gasteiger partial charge in [-0.25, -0.2) is 4.39 Å². The van der Waals surface area contributed by atoms with Gasteiger partial charge in [0.2, 0.25) is 5.78 Å². The van der Waals surface area contributed by atoms with Crippen LogP contribution in [0.25, 0.3) is 0 Å². The van der Waals surface area contributed by atoms with Crippen molar-refractivity contribution in [2.75, 3.05) is 7.11 Å². The number of halogens is 3. The van der Waals surface area contributed by atoms with Crippen LogP contribution in [0.3, 0.4) is 0 Å². The molecule has 0 saturated carbocycles. The van der Waals surface area contributed by atoms with Crippen LogP contribution in [0.2, 0.25) is 0 Å². The summed E-state index contributed by atoms with van der Waals surface area (Å²) in [4.78, 5) is 12.8. The Morgan fingerprint density at radius 1 is 1.33 bits per heavy atom. The molecule has 2 aromatic rings. The first-order valence-corrected chi connectivity index (χ1v) is 7.26. The number of hydrogen-bond acceptors (Lipinski definition) is 3. The highest BCUT2D eigenvalue weighted by molar-refractivity contribution is 9.11. The van der Waals surface area contributed by atoms with E-state index >= 15 is 0 Å². The molecule has 0 bridgehead atoms. The zero-order valence-electron chi connectivity index (χ0n) is 9.17. The topological polar surface area (TPSA) is 26.3 Å². The Morgan fingerprint density at radius 3 is 2.61 bits per heavy atom. The van der Waals surface area contributed by atoms with Gasteiger partial charge in [0.25, 0.3) is 0 Å². The van der Waals surface area contributed by atoms with Crippen molar-refractivity contribution < 1.29 is 13.9 Å². The number of methoxy groups -OCH3 is 1. The maximum Gasteiger partial charge on any atom is 0.206 e. The van der Waals surface area contributed by atoms with Crippen LogP contribution in [0.5, 0.6) is 5.75 Å². The minimum atomic E-state index is -0.462. The molecule has 0 saturated heterocycles. The lowest BCUT2D eigenvalue weighted by atomic mass is 10.1. The van der Waals surface area contributed by atoms with E-state index in [-0.39, 0.29) is 16.0 Å². The second-order valence-electron chi connectivity index (χ2n) is 3.40. The van der Waals surface area contributed by atoms with E-state index in [0.717, 1.165) is 3.79 Å². The fraction of sp³-hybridized carbons (Fsp3) is 0.0833. The maximum atomic E-state index is 13.4. The molecule has 1 aromatic carbocycles. The van der Waals surface area contributed by atoms with E-state index in [1.165, 1.54) is 30.6 Å². The molecule has 0 radical (unpaired) electrons. The number of ether oxygens (including phenoxy) is 1. The third kappa shape index (κ3) is 2.65. The van der Waals surface area contributed by atoms with Crippen LogP contribution in [-0.4, -0.2) is 12.9 Å². The van der Waals surface area contributed by atoms with Gasteiger partial charge in [-0.3, -0.25) is 4.79 Å². The Balaban J connectivity index is 2.50. The van der Waals surface area contributed by atoms with Gasteiger partial charge in [-0.15, -0.1) is 11.3 Å². The first-order valence-electron chi connectivity index (χ1n) is 4.86. The Labute approximate surface area is 124 Å². The highest BCUT2D eigenvalue weighted by Crippen LogP contribution is 2.31. The molecule has 0 aliphatic heterocycles. The van der Waals surface area contributed by atoms with Crippen molar-refractivity contribution in [2.24, 2.45) is 0 Å². The van der Waals surface area contributed by atoms with Gasteiger partial charge in [-0.1, -0.05) is 0 Å². The number of thiophene rings is 1. The van der Waals surface area contributed by atoms with Crippen LogP contribution in [-0.2, 0) is 0 Å². The fourth-order valence-electron chi connectivity index (χ4n) is 1.44. The molecule has 6 heteroatoms. The van der Waals surface area contributed by atoms with E-state index in [1.54, 1.807) is 12.1 Å². The average molecular weight is 394 g/mol. The Kier molecular flexibility index (Phi) is 4.19. The lowest BCUT2D eigenvalue weighted by molar-refractivity contribution is 0.103. The second-order valence-corrected chi connectivity index (χ2v) is 6.72. The van der Waals surface area contributed by atoms with Crippen LogP contribution >= 0.6 is 43.2 Å². The van der Waals surface area contributed by atoms with Crippen LogP contribution in [0.1, 0.15) is 15.2 Å². The Bertz CT molecular complexity index is 610. The molecule has 0 spiro atoms. The molecule has 1 heterocycles. The number of benzene rings is 1. The molecule has 0 aliphatic carbocycles. The molecule has 0 fully saturated rings. The Hall–Kier alpha value is -0.720. The molecule has 0 N–H and O–H groups in total. The summed E-state index contributed by atoms with van der Waals surface area (Å²) in [7, 11) is 1.41. The van der Waals surface area contributed by atoms with Crippen LogP contribution in [0, 0.1) is 5.82 Å². The summed E-state index contributed by atoms with van der Waals surface area (Å²) >= 11 is 7.69. The fourth-order valence-corrected chi connectivity index (χ4v) is 3.13. The van der Waals surface area contributed by atoms with Crippen molar-refractivity contribution in [1.82, 2.24) is 0 Å². The number of carbonyl (C=O) groups excluding carboxylic acids is 1. The number of carbonyl (C=O) groups is 1. The molecule has 1 aromatic heterocycles. The van der Waals surface area contributed by atoms with Gasteiger partial charge in [0, 0.05) is 6.07 Å². The summed E-state index contributed by atoms with van der Waals surface area (Å²) in [5.74, 6) is -0.427. The zero-order valence-corrected chi connectivity index (χ0v) is 13.2. The summed E-state index contributed by atoms with van der Waals surface area (Å²) in [6.45, 7) is 0. The molecule has 2 rings (SSSR count). The lowest BCUT2D eigenvalue weighted by Gasteiger charge is -2.08. The zero-order chi connectivity index (χ0) is 13.3. The van der Waals surface area contributed by atoms with Gasteiger partial charge >= 0.3 is 0 Å². The lowest BCUT2D eigenvalue weighted by Crippen LogP contribution is -2.03. The summed E-state index contributed by atoms with van der Waals surface area (Å²) < 4.78 is 19.5. The molecule has 94 valence electrons. The van der Waals surface area contributed by atoms with Gasteiger partial charge in [-0.2, -0.15) is 0 Å². The van der Waals surface area contributed by atoms with Gasteiger partial charge in [-0.05, 0) is 50.1 Å². The maximum absolute atomic E-state index is 13.4. The molecule has 0 atom stereocenters. The summed E-state index contributed by atoms with van der Waals surface area (Å²) in [5.41, 5.74) is 0.333. The predicted molar refractivity (Wildman–Crippen MR) is 76.1 cm³/mol. The molecular weight excluding hydrogens is 387 g/mol. The SMILES string of the molecule is COc1cc(F)c(Br)cc1C(=O)c1ccc(Br)s1. The van der Waals surface area contributed by atoms with E-state index in [0.29, 0.717) is 10.4 Å². The molecule has 0 unspecified atom stereocenters. The summed E-state index contributed by atoms with van der Waals surface area (Å²) in [6.07, 6.45) is 0. The smallest absolute Gasteiger partial charge is 0.206 e. The van der Waals surface area contributed by atoms with Crippen molar-refractivity contribution in [3.8, 4) is 5.75 Å². The van der Waals surface area contributed by atoms with Crippen molar-refractivity contribution in [3.05, 3.63) is 48.8 Å². The minimum Gasteiger partial charge on any atom is -0.496 e. The van der Waals surface area contributed by atoms with Gasteiger partial charge in [0.1, 0.15) is 11.6 Å². The predicted octanol–water partition coefficient (Wildman–Crippen LogP) is 4.65. The number of rotatable bonds is 3. The molecule has 18 heavy (non-hydrogen) atoms.